The van der Waals surface area contributed by atoms with Crippen LogP contribution >= 0.6 is 21.6 Å². The van der Waals surface area contributed by atoms with Crippen LogP contribution in [0.5, 0.6) is 0 Å². The highest BCUT2D eigenvalue weighted by molar-refractivity contribution is 8.76. The molecule has 0 aromatic rings. The third kappa shape index (κ3) is 10.3. The van der Waals surface area contributed by atoms with Gasteiger partial charge in [-0.1, -0.05) is 35.4 Å². The van der Waals surface area contributed by atoms with Crippen LogP contribution in [-0.4, -0.2) is 23.1 Å². The van der Waals surface area contributed by atoms with Crippen LogP contribution in [0.15, 0.2) is 0 Å². The van der Waals surface area contributed by atoms with E-state index in [1.54, 1.807) is 21.6 Å². The minimum atomic E-state index is 0.196. The molecular weight excluding hydrogens is 228 g/mol. The van der Waals surface area contributed by atoms with E-state index < -0.39 is 0 Å². The molecule has 0 aliphatic heterocycles. The number of carbonyl (C=O) groups is 2. The first kappa shape index (κ1) is 13.1. The van der Waals surface area contributed by atoms with Gasteiger partial charge in [0, 0.05) is 38.6 Å². The van der Waals surface area contributed by atoms with E-state index in [9.17, 15) is 9.59 Å². The van der Waals surface area contributed by atoms with Crippen molar-refractivity contribution in [2.24, 2.45) is 0 Å². The van der Waals surface area contributed by atoms with Gasteiger partial charge in [-0.3, -0.25) is 9.59 Å². The Labute approximate surface area is 102 Å². The fourth-order valence-electron chi connectivity index (χ4n) is 0.903. The summed E-state index contributed by atoms with van der Waals surface area (Å²) in [7, 11) is 3.44. The SMILES string of the molecule is [3H]CCC(=O)CCCSSCCC(=O)CC. The Bertz CT molecular complexity index is 210. The summed E-state index contributed by atoms with van der Waals surface area (Å²) in [5.74, 6) is 2.34. The largest absolute Gasteiger partial charge is 0.300 e. The molecule has 0 radical (unpaired) electrons. The molecule has 0 spiro atoms. The zero-order valence-electron chi connectivity index (χ0n) is 10.3. The van der Waals surface area contributed by atoms with E-state index in [4.69, 9.17) is 1.37 Å². The summed E-state index contributed by atoms with van der Waals surface area (Å²) in [5, 5.41) is 0. The predicted octanol–water partition coefficient (Wildman–Crippen LogP) is 3.50. The molecule has 0 aliphatic rings. The van der Waals surface area contributed by atoms with Gasteiger partial charge < -0.3 is 0 Å². The van der Waals surface area contributed by atoms with Crippen molar-refractivity contribution in [2.75, 3.05) is 11.5 Å². The maximum Gasteiger partial charge on any atom is 0.133 e. The number of carbonyl (C=O) groups excluding carboxylic acids is 2. The Morgan fingerprint density at radius 1 is 1.07 bits per heavy atom. The van der Waals surface area contributed by atoms with Crippen LogP contribution in [0.3, 0.4) is 0 Å². The van der Waals surface area contributed by atoms with Crippen molar-refractivity contribution in [3.05, 3.63) is 0 Å². The molecule has 0 saturated carbocycles. The van der Waals surface area contributed by atoms with E-state index in [1.165, 1.54) is 0 Å². The summed E-state index contributed by atoms with van der Waals surface area (Å²) >= 11 is 0. The molecule has 0 heterocycles. The van der Waals surface area contributed by atoms with Gasteiger partial charge in [0.05, 0.1) is 0 Å². The number of rotatable bonds is 10. The second-order valence-electron chi connectivity index (χ2n) is 3.18. The Morgan fingerprint density at radius 2 is 1.73 bits per heavy atom. The first-order valence-corrected chi connectivity index (χ1v) is 7.76. The molecule has 2 nitrogen and oxygen atoms in total. The molecule has 0 amide bonds. The molecule has 0 N–H and O–H groups in total. The highest BCUT2D eigenvalue weighted by atomic mass is 33.1. The Kier molecular flexibility index (Phi) is 9.22. The fraction of sp³-hybridized carbons (Fsp3) is 0.818. The van der Waals surface area contributed by atoms with Crippen molar-refractivity contribution < 1.29 is 11.0 Å². The van der Waals surface area contributed by atoms with Gasteiger partial charge in [0.25, 0.3) is 0 Å². The minimum absolute atomic E-state index is 0.196. The van der Waals surface area contributed by atoms with Crippen LogP contribution in [0, 0.1) is 0 Å². The molecule has 0 aromatic carbocycles. The van der Waals surface area contributed by atoms with Gasteiger partial charge in [-0.2, -0.15) is 0 Å². The average Bonchev–Trinajstić information content (AvgIpc) is 2.27. The Hall–Kier alpha value is 0.0400. The maximum absolute atomic E-state index is 11.1. The quantitative estimate of drug-likeness (QED) is 0.439. The van der Waals surface area contributed by atoms with Gasteiger partial charge >= 0.3 is 0 Å². The monoisotopic (exact) mass is 250 g/mol. The van der Waals surface area contributed by atoms with Crippen LogP contribution in [-0.2, 0) is 9.59 Å². The molecule has 0 saturated heterocycles. The fourth-order valence-corrected chi connectivity index (χ4v) is 3.02. The lowest BCUT2D eigenvalue weighted by atomic mass is 10.2. The Balaban J connectivity index is 3.15. The van der Waals surface area contributed by atoms with Crippen LogP contribution < -0.4 is 0 Å². The lowest BCUT2D eigenvalue weighted by molar-refractivity contribution is -0.119. The highest BCUT2D eigenvalue weighted by Crippen LogP contribution is 2.23. The van der Waals surface area contributed by atoms with E-state index in [0.29, 0.717) is 31.5 Å². The highest BCUT2D eigenvalue weighted by Gasteiger charge is 2.00. The smallest absolute Gasteiger partial charge is 0.133 e. The van der Waals surface area contributed by atoms with Crippen LogP contribution in [0.2, 0.25) is 0 Å². The van der Waals surface area contributed by atoms with Crippen molar-refractivity contribution in [3.63, 3.8) is 0 Å². The normalized spacial score (nSPS) is 11.1. The molecule has 0 unspecified atom stereocenters. The van der Waals surface area contributed by atoms with Crippen LogP contribution in [0.4, 0.5) is 0 Å². The molecule has 88 valence electrons. The van der Waals surface area contributed by atoms with Crippen LogP contribution in [0.25, 0.3) is 0 Å². The van der Waals surface area contributed by atoms with Crippen molar-refractivity contribution in [3.8, 4) is 0 Å². The molecule has 0 fully saturated rings. The summed E-state index contributed by atoms with van der Waals surface area (Å²) in [6.07, 6.45) is 3.17. The standard InChI is InChI=1S/C11H20O2S2/c1-3-10(12)6-5-8-14-15-9-7-11(13)4-2/h3-9H2,1-2H3/i1T. The second kappa shape index (κ2) is 10.6. The molecule has 4 heteroatoms. The summed E-state index contributed by atoms with van der Waals surface area (Å²) < 4.78 is 6.90. The molecule has 0 aliphatic carbocycles. The zero-order chi connectivity index (χ0) is 12.2. The van der Waals surface area contributed by atoms with Crippen molar-refractivity contribution in [2.45, 2.75) is 45.9 Å². The summed E-state index contributed by atoms with van der Waals surface area (Å²) in [6, 6.07) is 0. The number of ketones is 2. The number of Topliss-reactive ketones (excluding diaryl/α,β-unsaturated/α-hetero) is 2. The molecular formula is C11H20O2S2. The molecule has 0 bridgehead atoms. The van der Waals surface area contributed by atoms with Gasteiger partial charge in [-0.25, -0.2) is 0 Å². The molecule has 0 aromatic heterocycles. The van der Waals surface area contributed by atoms with Gasteiger partial charge in [0.1, 0.15) is 11.6 Å². The third-order valence-electron chi connectivity index (χ3n) is 1.90. The first-order valence-electron chi connectivity index (χ1n) is 5.98. The lowest BCUT2D eigenvalue weighted by Gasteiger charge is -2.00. The Morgan fingerprint density at radius 3 is 2.40 bits per heavy atom. The summed E-state index contributed by atoms with van der Waals surface area (Å²) in [5.41, 5.74) is 0. The predicted molar refractivity (Wildman–Crippen MR) is 69.4 cm³/mol. The minimum Gasteiger partial charge on any atom is -0.300 e. The average molecular weight is 250 g/mol. The summed E-state index contributed by atoms with van der Waals surface area (Å²) in [6.45, 7) is 2.10. The molecule has 0 rings (SSSR count). The van der Waals surface area contributed by atoms with Crippen LogP contribution in [0.1, 0.15) is 47.3 Å². The second-order valence-corrected chi connectivity index (χ2v) is 5.88. The third-order valence-corrected chi connectivity index (χ3v) is 4.40. The van der Waals surface area contributed by atoms with E-state index in [1.807, 2.05) is 6.92 Å². The lowest BCUT2D eigenvalue weighted by Crippen LogP contribution is -1.96. The van der Waals surface area contributed by atoms with Gasteiger partial charge in [0.2, 0.25) is 0 Å². The van der Waals surface area contributed by atoms with E-state index in [-0.39, 0.29) is 12.7 Å². The van der Waals surface area contributed by atoms with E-state index in [0.717, 1.165) is 17.9 Å². The van der Waals surface area contributed by atoms with Gasteiger partial charge in [-0.05, 0) is 6.42 Å². The van der Waals surface area contributed by atoms with Crippen molar-refractivity contribution >= 4 is 33.2 Å². The van der Waals surface area contributed by atoms with Gasteiger partial charge in [-0.15, -0.1) is 0 Å². The van der Waals surface area contributed by atoms with Crippen molar-refractivity contribution in [1.29, 1.82) is 0 Å². The first-order chi connectivity index (χ1) is 7.70. The van der Waals surface area contributed by atoms with E-state index in [2.05, 4.69) is 0 Å². The molecule has 0 atom stereocenters. The number of hydrogen-bond acceptors (Lipinski definition) is 4. The maximum atomic E-state index is 11.1. The van der Waals surface area contributed by atoms with Crippen molar-refractivity contribution in [1.82, 2.24) is 0 Å². The van der Waals surface area contributed by atoms with Gasteiger partial charge in [0.15, 0.2) is 0 Å². The van der Waals surface area contributed by atoms with E-state index >= 15 is 0 Å². The zero-order valence-corrected chi connectivity index (χ0v) is 10.9. The summed E-state index contributed by atoms with van der Waals surface area (Å²) in [4.78, 5) is 22.1. The number of hydrogen-bond donors (Lipinski definition) is 0. The topological polar surface area (TPSA) is 34.1 Å². The molecule has 15 heavy (non-hydrogen) atoms.